The monoisotopic (exact) mass is 291 g/mol. The lowest BCUT2D eigenvalue weighted by Gasteiger charge is -2.20. The van der Waals surface area contributed by atoms with Crippen LogP contribution in [0.2, 0.25) is 0 Å². The van der Waals surface area contributed by atoms with E-state index in [9.17, 15) is 0 Å². The molecule has 0 aliphatic heterocycles. The molecule has 7 heteroatoms. The topological polar surface area (TPSA) is 87.2 Å². The first-order chi connectivity index (χ1) is 10.2. The van der Waals surface area contributed by atoms with Crippen molar-refractivity contribution in [2.24, 2.45) is 5.84 Å². The van der Waals surface area contributed by atoms with Gasteiger partial charge in [-0.15, -0.1) is 5.10 Å². The predicted molar refractivity (Wildman–Crippen MR) is 79.0 cm³/mol. The van der Waals surface area contributed by atoms with E-state index in [1.54, 1.807) is 20.4 Å². The second kappa shape index (κ2) is 7.05. The summed E-state index contributed by atoms with van der Waals surface area (Å²) >= 11 is 0. The Balaban J connectivity index is 2.43. The predicted octanol–water partition coefficient (Wildman–Crippen LogP) is 1.26. The Bertz CT molecular complexity index is 584. The minimum Gasteiger partial charge on any atom is -0.497 e. The van der Waals surface area contributed by atoms with Gasteiger partial charge in [-0.1, -0.05) is 12.1 Å². The number of hydrazine groups is 1. The van der Waals surface area contributed by atoms with E-state index in [0.717, 1.165) is 30.0 Å². The summed E-state index contributed by atoms with van der Waals surface area (Å²) in [5.74, 6) is 7.17. The van der Waals surface area contributed by atoms with E-state index in [0.29, 0.717) is 5.75 Å². The lowest BCUT2D eigenvalue weighted by Crippen LogP contribution is -2.31. The molecular weight excluding hydrogens is 270 g/mol. The number of aromatic nitrogens is 3. The molecule has 0 saturated carbocycles. The second-order valence-electron chi connectivity index (χ2n) is 4.59. The Morgan fingerprint density at radius 3 is 2.76 bits per heavy atom. The Labute approximate surface area is 124 Å². The van der Waals surface area contributed by atoms with Crippen LogP contribution in [0.15, 0.2) is 24.4 Å². The Kier molecular flexibility index (Phi) is 5.13. The lowest BCUT2D eigenvalue weighted by molar-refractivity contribution is 0.386. The minimum absolute atomic E-state index is 0.257. The smallest absolute Gasteiger partial charge is 0.127 e. The maximum absolute atomic E-state index is 5.75. The second-order valence-corrected chi connectivity index (χ2v) is 4.59. The quantitative estimate of drug-likeness (QED) is 0.590. The molecule has 0 spiro atoms. The SMILES string of the molecule is CCCn1nncc1C(NN)c1ccc(OC)cc1OC. The number of ether oxygens (including phenoxy) is 2. The molecule has 1 atom stereocenters. The molecule has 0 fully saturated rings. The average molecular weight is 291 g/mol. The first-order valence-corrected chi connectivity index (χ1v) is 6.81. The highest BCUT2D eigenvalue weighted by Gasteiger charge is 2.21. The molecule has 1 aromatic carbocycles. The van der Waals surface area contributed by atoms with Crippen LogP contribution in [0, 0.1) is 0 Å². The van der Waals surface area contributed by atoms with Gasteiger partial charge >= 0.3 is 0 Å². The molecule has 3 N–H and O–H groups in total. The Morgan fingerprint density at radius 2 is 2.14 bits per heavy atom. The van der Waals surface area contributed by atoms with Gasteiger partial charge in [0, 0.05) is 18.2 Å². The van der Waals surface area contributed by atoms with Crippen molar-refractivity contribution in [2.45, 2.75) is 25.9 Å². The number of nitrogens with zero attached hydrogens (tertiary/aromatic N) is 3. The maximum atomic E-state index is 5.75. The minimum atomic E-state index is -0.257. The highest BCUT2D eigenvalue weighted by molar-refractivity contribution is 5.44. The van der Waals surface area contributed by atoms with E-state index in [2.05, 4.69) is 22.7 Å². The van der Waals surface area contributed by atoms with Crippen molar-refractivity contribution in [3.8, 4) is 11.5 Å². The van der Waals surface area contributed by atoms with E-state index in [4.69, 9.17) is 15.3 Å². The van der Waals surface area contributed by atoms with Crippen LogP contribution < -0.4 is 20.7 Å². The van der Waals surface area contributed by atoms with Crippen molar-refractivity contribution < 1.29 is 9.47 Å². The first kappa shape index (κ1) is 15.3. The van der Waals surface area contributed by atoms with Crippen molar-refractivity contribution in [1.29, 1.82) is 0 Å². The molecule has 7 nitrogen and oxygen atoms in total. The summed E-state index contributed by atoms with van der Waals surface area (Å²) in [6, 6.07) is 5.36. The summed E-state index contributed by atoms with van der Waals surface area (Å²) in [5.41, 5.74) is 4.60. The van der Waals surface area contributed by atoms with Crippen LogP contribution in [-0.4, -0.2) is 29.2 Å². The highest BCUT2D eigenvalue weighted by Crippen LogP contribution is 2.32. The summed E-state index contributed by atoms with van der Waals surface area (Å²) in [7, 11) is 3.24. The molecule has 0 amide bonds. The van der Waals surface area contributed by atoms with Crippen molar-refractivity contribution in [3.05, 3.63) is 35.7 Å². The fraction of sp³-hybridized carbons (Fsp3) is 0.429. The largest absolute Gasteiger partial charge is 0.497 e. The third-order valence-electron chi connectivity index (χ3n) is 3.30. The Hall–Kier alpha value is -2.12. The van der Waals surface area contributed by atoms with Crippen molar-refractivity contribution >= 4 is 0 Å². The summed E-state index contributed by atoms with van der Waals surface area (Å²) < 4.78 is 12.5. The third kappa shape index (κ3) is 3.14. The molecule has 1 aromatic heterocycles. The van der Waals surface area contributed by atoms with Crippen LogP contribution in [0.1, 0.15) is 30.6 Å². The van der Waals surface area contributed by atoms with Crippen molar-refractivity contribution in [1.82, 2.24) is 20.4 Å². The maximum Gasteiger partial charge on any atom is 0.127 e. The molecule has 1 heterocycles. The molecule has 114 valence electrons. The Morgan fingerprint density at radius 1 is 1.33 bits per heavy atom. The molecular formula is C14H21N5O2. The summed E-state index contributed by atoms with van der Waals surface area (Å²) in [5, 5.41) is 8.07. The number of hydrogen-bond donors (Lipinski definition) is 2. The van der Waals surface area contributed by atoms with Crippen LogP contribution in [0.4, 0.5) is 0 Å². The number of aryl methyl sites for hydroxylation is 1. The number of nitrogens with two attached hydrogens (primary N) is 1. The molecule has 1 unspecified atom stereocenters. The number of nitrogens with one attached hydrogen (secondary N) is 1. The summed E-state index contributed by atoms with van der Waals surface area (Å²) in [6.07, 6.45) is 2.68. The van der Waals surface area contributed by atoms with E-state index in [1.807, 2.05) is 22.9 Å². The van der Waals surface area contributed by atoms with Gasteiger partial charge in [0.2, 0.25) is 0 Å². The number of benzene rings is 1. The summed E-state index contributed by atoms with van der Waals surface area (Å²) in [4.78, 5) is 0. The number of rotatable bonds is 7. The molecule has 0 aliphatic rings. The van der Waals surface area contributed by atoms with E-state index < -0.39 is 0 Å². The van der Waals surface area contributed by atoms with Crippen molar-refractivity contribution in [3.63, 3.8) is 0 Å². The third-order valence-corrected chi connectivity index (χ3v) is 3.30. The van der Waals surface area contributed by atoms with Crippen LogP contribution in [0.25, 0.3) is 0 Å². The number of hydrogen-bond acceptors (Lipinski definition) is 6. The van der Waals surface area contributed by atoms with Gasteiger partial charge < -0.3 is 9.47 Å². The van der Waals surface area contributed by atoms with Crippen molar-refractivity contribution in [2.75, 3.05) is 14.2 Å². The fourth-order valence-corrected chi connectivity index (χ4v) is 2.27. The van der Waals surface area contributed by atoms with Crippen LogP contribution in [-0.2, 0) is 6.54 Å². The molecule has 0 bridgehead atoms. The van der Waals surface area contributed by atoms with Crippen LogP contribution in [0.5, 0.6) is 11.5 Å². The van der Waals surface area contributed by atoms with Gasteiger partial charge in [0.05, 0.1) is 32.2 Å². The van der Waals surface area contributed by atoms with Gasteiger partial charge in [-0.3, -0.25) is 5.84 Å². The molecule has 2 rings (SSSR count). The number of methoxy groups -OCH3 is 2. The first-order valence-electron chi connectivity index (χ1n) is 6.81. The lowest BCUT2D eigenvalue weighted by atomic mass is 10.0. The normalized spacial score (nSPS) is 12.2. The zero-order valence-corrected chi connectivity index (χ0v) is 12.5. The standard InChI is InChI=1S/C14H21N5O2/c1-4-7-19-12(9-16-18-19)14(17-15)11-6-5-10(20-2)8-13(11)21-3/h5-6,8-9,14,17H,4,7,15H2,1-3H3. The van der Waals surface area contributed by atoms with Gasteiger partial charge in [-0.05, 0) is 18.6 Å². The van der Waals surface area contributed by atoms with Gasteiger partial charge in [-0.2, -0.15) is 0 Å². The van der Waals surface area contributed by atoms with Gasteiger partial charge in [0.1, 0.15) is 11.5 Å². The van der Waals surface area contributed by atoms with Gasteiger partial charge in [0.15, 0.2) is 0 Å². The zero-order chi connectivity index (χ0) is 15.2. The van der Waals surface area contributed by atoms with E-state index in [1.165, 1.54) is 0 Å². The van der Waals surface area contributed by atoms with E-state index >= 15 is 0 Å². The molecule has 21 heavy (non-hydrogen) atoms. The summed E-state index contributed by atoms with van der Waals surface area (Å²) in [6.45, 7) is 2.87. The highest BCUT2D eigenvalue weighted by atomic mass is 16.5. The van der Waals surface area contributed by atoms with Crippen LogP contribution >= 0.6 is 0 Å². The molecule has 0 aliphatic carbocycles. The average Bonchev–Trinajstić information content (AvgIpc) is 2.97. The molecule has 0 radical (unpaired) electrons. The van der Waals surface area contributed by atoms with Crippen LogP contribution in [0.3, 0.4) is 0 Å². The molecule has 2 aromatic rings. The fourth-order valence-electron chi connectivity index (χ4n) is 2.27. The van der Waals surface area contributed by atoms with Gasteiger partial charge in [-0.25, -0.2) is 10.1 Å². The van der Waals surface area contributed by atoms with Gasteiger partial charge in [0.25, 0.3) is 0 Å². The zero-order valence-electron chi connectivity index (χ0n) is 12.5. The van der Waals surface area contributed by atoms with E-state index in [-0.39, 0.29) is 6.04 Å². The molecule has 0 saturated heterocycles.